The van der Waals surface area contributed by atoms with Gasteiger partial charge in [-0.1, -0.05) is 6.07 Å². The lowest BCUT2D eigenvalue weighted by Crippen LogP contribution is -2.29. The van der Waals surface area contributed by atoms with E-state index in [9.17, 15) is 13.2 Å². The third-order valence-electron chi connectivity index (χ3n) is 5.50. The van der Waals surface area contributed by atoms with Gasteiger partial charge >= 0.3 is 0 Å². The molecule has 0 bridgehead atoms. The molecule has 2 aliphatic heterocycles. The summed E-state index contributed by atoms with van der Waals surface area (Å²) in [6.07, 6.45) is 3.84. The number of sulfonamides is 1. The van der Waals surface area contributed by atoms with Gasteiger partial charge in [-0.15, -0.1) is 11.8 Å². The molecule has 2 aromatic rings. The first-order valence-electron chi connectivity index (χ1n) is 10.3. The van der Waals surface area contributed by atoms with Crippen molar-refractivity contribution in [3.63, 3.8) is 0 Å². The summed E-state index contributed by atoms with van der Waals surface area (Å²) in [5, 5.41) is 0. The molecule has 4 rings (SSSR count). The number of carbonyl (C=O) groups is 1. The van der Waals surface area contributed by atoms with Gasteiger partial charge in [-0.2, -0.15) is 0 Å². The Balaban J connectivity index is 1.58. The van der Waals surface area contributed by atoms with Crippen LogP contribution in [0.3, 0.4) is 0 Å². The molecule has 2 heterocycles. The second-order valence-electron chi connectivity index (χ2n) is 7.61. The molecule has 0 unspecified atom stereocenters. The van der Waals surface area contributed by atoms with Gasteiger partial charge in [0.05, 0.1) is 10.5 Å². The molecular weight excluding hydrogens is 436 g/mol. The summed E-state index contributed by atoms with van der Waals surface area (Å²) in [6.45, 7) is 4.16. The number of nitrogens with one attached hydrogen (secondary N) is 1. The SMILES string of the molecule is CSc1ccc(S(=O)(=O)N[C@H](C)c2ccc3c(c2)OCCO3)cc1C(=O)N1CCCC1. The van der Waals surface area contributed by atoms with E-state index < -0.39 is 16.1 Å². The lowest BCUT2D eigenvalue weighted by molar-refractivity contribution is 0.0789. The second kappa shape index (κ2) is 9.10. The summed E-state index contributed by atoms with van der Waals surface area (Å²) in [4.78, 5) is 15.6. The van der Waals surface area contributed by atoms with E-state index in [1.807, 2.05) is 12.3 Å². The number of carbonyl (C=O) groups excluding carboxylic acids is 1. The molecule has 1 N–H and O–H groups in total. The summed E-state index contributed by atoms with van der Waals surface area (Å²) >= 11 is 1.44. The second-order valence-corrected chi connectivity index (χ2v) is 10.2. The number of thioether (sulfide) groups is 1. The third-order valence-corrected chi connectivity index (χ3v) is 7.84. The van der Waals surface area contributed by atoms with Crippen LogP contribution in [0.2, 0.25) is 0 Å². The first kappa shape index (κ1) is 22.0. The van der Waals surface area contributed by atoms with Crippen molar-refractivity contribution in [2.75, 3.05) is 32.6 Å². The summed E-state index contributed by atoms with van der Waals surface area (Å²) in [6, 6.07) is 9.66. The molecule has 1 fully saturated rings. The van der Waals surface area contributed by atoms with Gasteiger partial charge in [-0.3, -0.25) is 4.79 Å². The number of hydrogen-bond donors (Lipinski definition) is 1. The largest absolute Gasteiger partial charge is 0.486 e. The van der Waals surface area contributed by atoms with E-state index in [2.05, 4.69) is 4.72 Å². The smallest absolute Gasteiger partial charge is 0.255 e. The number of fused-ring (bicyclic) bond motifs is 1. The molecule has 9 heteroatoms. The lowest BCUT2D eigenvalue weighted by Gasteiger charge is -2.21. The molecule has 2 aliphatic rings. The zero-order valence-electron chi connectivity index (χ0n) is 17.6. The first-order valence-corrected chi connectivity index (χ1v) is 13.0. The highest BCUT2D eigenvalue weighted by Crippen LogP contribution is 2.33. The minimum absolute atomic E-state index is 0.0808. The van der Waals surface area contributed by atoms with Crippen molar-refractivity contribution in [3.8, 4) is 11.5 Å². The maximum absolute atomic E-state index is 13.1. The van der Waals surface area contributed by atoms with Crippen molar-refractivity contribution >= 4 is 27.7 Å². The normalized spacial score (nSPS) is 16.9. The standard InChI is InChI=1S/C22H26N2O5S2/c1-15(16-5-7-19-20(13-16)29-12-11-28-19)23-31(26,27)17-6-8-21(30-2)18(14-17)22(25)24-9-3-4-10-24/h5-8,13-15,23H,3-4,9-12H2,1-2H3/t15-/m1/s1. The van der Waals surface area contributed by atoms with Gasteiger partial charge in [0, 0.05) is 24.0 Å². The topological polar surface area (TPSA) is 84.9 Å². The molecule has 0 radical (unpaired) electrons. The number of nitrogens with zero attached hydrogens (tertiary/aromatic N) is 1. The van der Waals surface area contributed by atoms with Crippen LogP contribution in [-0.4, -0.2) is 51.8 Å². The molecule has 0 saturated carbocycles. The minimum atomic E-state index is -3.84. The van der Waals surface area contributed by atoms with Crippen LogP contribution in [0.1, 0.15) is 41.7 Å². The minimum Gasteiger partial charge on any atom is -0.486 e. The fourth-order valence-corrected chi connectivity index (χ4v) is 5.64. The fourth-order valence-electron chi connectivity index (χ4n) is 3.81. The Hall–Kier alpha value is -2.23. The lowest BCUT2D eigenvalue weighted by atomic mass is 10.1. The molecule has 0 aliphatic carbocycles. The van der Waals surface area contributed by atoms with Gasteiger partial charge in [0.25, 0.3) is 5.91 Å². The molecule has 1 atom stereocenters. The maximum Gasteiger partial charge on any atom is 0.255 e. The van der Waals surface area contributed by atoms with Crippen molar-refractivity contribution in [2.24, 2.45) is 0 Å². The number of rotatable bonds is 6. The van der Waals surface area contributed by atoms with Crippen LogP contribution in [0, 0.1) is 0 Å². The van der Waals surface area contributed by atoms with Gasteiger partial charge in [0.15, 0.2) is 11.5 Å². The molecule has 1 amide bonds. The van der Waals surface area contributed by atoms with Gasteiger partial charge in [0.1, 0.15) is 13.2 Å². The van der Waals surface area contributed by atoms with Crippen LogP contribution in [0.15, 0.2) is 46.2 Å². The molecule has 166 valence electrons. The van der Waals surface area contributed by atoms with Crippen molar-refractivity contribution < 1.29 is 22.7 Å². The number of benzene rings is 2. The highest BCUT2D eigenvalue weighted by atomic mass is 32.2. The number of likely N-dealkylation sites (tertiary alicyclic amines) is 1. The van der Waals surface area contributed by atoms with E-state index in [4.69, 9.17) is 9.47 Å². The van der Waals surface area contributed by atoms with E-state index in [1.165, 1.54) is 17.8 Å². The Labute approximate surface area is 187 Å². The molecule has 0 aromatic heterocycles. The monoisotopic (exact) mass is 462 g/mol. The van der Waals surface area contributed by atoms with Gasteiger partial charge < -0.3 is 14.4 Å². The van der Waals surface area contributed by atoms with Crippen molar-refractivity contribution in [2.45, 2.75) is 35.6 Å². The van der Waals surface area contributed by atoms with Crippen molar-refractivity contribution in [1.82, 2.24) is 9.62 Å². The fraction of sp³-hybridized carbons (Fsp3) is 0.409. The summed E-state index contributed by atoms with van der Waals surface area (Å²) < 4.78 is 40.0. The number of ether oxygens (including phenoxy) is 2. The molecule has 1 saturated heterocycles. The predicted molar refractivity (Wildman–Crippen MR) is 120 cm³/mol. The summed E-state index contributed by atoms with van der Waals surface area (Å²) in [5.74, 6) is 1.15. The van der Waals surface area contributed by atoms with Crippen LogP contribution >= 0.6 is 11.8 Å². The van der Waals surface area contributed by atoms with E-state index in [-0.39, 0.29) is 10.8 Å². The van der Waals surface area contributed by atoms with Gasteiger partial charge in [-0.25, -0.2) is 13.1 Å². The number of amides is 1. The quantitative estimate of drug-likeness (QED) is 0.662. The van der Waals surface area contributed by atoms with E-state index >= 15 is 0 Å². The van der Waals surface area contributed by atoms with Crippen molar-refractivity contribution in [1.29, 1.82) is 0 Å². The third kappa shape index (κ3) is 4.68. The van der Waals surface area contributed by atoms with E-state index in [0.29, 0.717) is 43.4 Å². The van der Waals surface area contributed by atoms with Crippen molar-refractivity contribution in [3.05, 3.63) is 47.5 Å². The Morgan fingerprint density at radius 3 is 2.48 bits per heavy atom. The molecule has 31 heavy (non-hydrogen) atoms. The van der Waals surface area contributed by atoms with Crippen LogP contribution < -0.4 is 14.2 Å². The van der Waals surface area contributed by atoms with Crippen LogP contribution in [0.5, 0.6) is 11.5 Å². The molecular formula is C22H26N2O5S2. The van der Waals surface area contributed by atoms with E-state index in [1.54, 1.807) is 36.1 Å². The maximum atomic E-state index is 13.1. The van der Waals surface area contributed by atoms with Crippen LogP contribution in [0.25, 0.3) is 0 Å². The zero-order chi connectivity index (χ0) is 22.0. The summed E-state index contributed by atoms with van der Waals surface area (Å²) in [5.41, 5.74) is 1.20. The molecule has 7 nitrogen and oxygen atoms in total. The average molecular weight is 463 g/mol. The average Bonchev–Trinajstić information content (AvgIpc) is 3.32. The Morgan fingerprint density at radius 2 is 1.77 bits per heavy atom. The molecule has 2 aromatic carbocycles. The summed E-state index contributed by atoms with van der Waals surface area (Å²) in [7, 11) is -3.84. The highest BCUT2D eigenvalue weighted by molar-refractivity contribution is 7.98. The molecule has 0 spiro atoms. The zero-order valence-corrected chi connectivity index (χ0v) is 19.2. The highest BCUT2D eigenvalue weighted by Gasteiger charge is 2.26. The Morgan fingerprint density at radius 1 is 1.06 bits per heavy atom. The van der Waals surface area contributed by atoms with E-state index in [0.717, 1.165) is 23.3 Å². The van der Waals surface area contributed by atoms with Gasteiger partial charge in [0.2, 0.25) is 10.0 Å². The Kier molecular flexibility index (Phi) is 6.45. The Bertz CT molecular complexity index is 1080. The van der Waals surface area contributed by atoms with Crippen LogP contribution in [0.4, 0.5) is 0 Å². The van der Waals surface area contributed by atoms with Crippen LogP contribution in [-0.2, 0) is 10.0 Å². The predicted octanol–water partition coefficient (Wildman–Crippen LogP) is 3.46. The first-order chi connectivity index (χ1) is 14.9. The van der Waals surface area contributed by atoms with Gasteiger partial charge in [-0.05, 0) is 61.9 Å². The number of hydrogen-bond acceptors (Lipinski definition) is 6.